The molecule has 0 radical (unpaired) electrons. The molecule has 54 valence electrons. The summed E-state index contributed by atoms with van der Waals surface area (Å²) in [5.74, 6) is 0. The molecule has 9 heavy (non-hydrogen) atoms. The Morgan fingerprint density at radius 1 is 1.33 bits per heavy atom. The SMILES string of the molecule is CC1(O)CCCC1(N)O. The molecule has 0 amide bonds. The van der Waals surface area contributed by atoms with Gasteiger partial charge in [0, 0.05) is 0 Å². The maximum atomic E-state index is 9.35. The van der Waals surface area contributed by atoms with Gasteiger partial charge in [0.1, 0.15) is 11.3 Å². The molecule has 3 heteroatoms. The molecule has 0 bridgehead atoms. The van der Waals surface area contributed by atoms with Crippen LogP contribution in [0.2, 0.25) is 0 Å². The Labute approximate surface area is 54.5 Å². The molecule has 1 aliphatic rings. The van der Waals surface area contributed by atoms with Crippen molar-refractivity contribution in [3.8, 4) is 0 Å². The van der Waals surface area contributed by atoms with Crippen LogP contribution in [0.5, 0.6) is 0 Å². The van der Waals surface area contributed by atoms with Gasteiger partial charge in [-0.3, -0.25) is 0 Å². The van der Waals surface area contributed by atoms with Crippen molar-refractivity contribution in [3.05, 3.63) is 0 Å². The minimum atomic E-state index is -1.35. The summed E-state index contributed by atoms with van der Waals surface area (Å²) in [5.41, 5.74) is 2.93. The fraction of sp³-hybridized carbons (Fsp3) is 1.00. The zero-order chi connectivity index (χ0) is 7.12. The van der Waals surface area contributed by atoms with E-state index in [4.69, 9.17) is 5.73 Å². The third kappa shape index (κ3) is 0.956. The Bertz CT molecular complexity index is 106. The summed E-state index contributed by atoms with van der Waals surface area (Å²) in [7, 11) is 0. The molecule has 0 aromatic rings. The van der Waals surface area contributed by atoms with E-state index < -0.39 is 11.3 Å². The summed E-state index contributed by atoms with van der Waals surface area (Å²) in [4.78, 5) is 0. The van der Waals surface area contributed by atoms with Gasteiger partial charge < -0.3 is 15.9 Å². The zero-order valence-corrected chi connectivity index (χ0v) is 5.59. The summed E-state index contributed by atoms with van der Waals surface area (Å²) >= 11 is 0. The van der Waals surface area contributed by atoms with E-state index in [-0.39, 0.29) is 0 Å². The Kier molecular flexibility index (Phi) is 1.31. The second-order valence-electron chi connectivity index (χ2n) is 3.05. The standard InChI is InChI=1S/C6H13NO2/c1-5(8)3-2-4-6(5,7)9/h8-9H,2-4,7H2,1H3. The van der Waals surface area contributed by atoms with Crippen molar-refractivity contribution in [2.24, 2.45) is 5.73 Å². The molecule has 0 spiro atoms. The first-order valence-corrected chi connectivity index (χ1v) is 3.19. The first kappa shape index (κ1) is 6.99. The second kappa shape index (κ2) is 1.68. The molecule has 1 saturated carbocycles. The predicted octanol–water partition coefficient (Wildman–Crippen LogP) is -0.431. The predicted molar refractivity (Wildman–Crippen MR) is 33.6 cm³/mol. The smallest absolute Gasteiger partial charge is 0.142 e. The quantitative estimate of drug-likeness (QED) is 0.391. The summed E-state index contributed by atoms with van der Waals surface area (Å²) < 4.78 is 0. The third-order valence-electron chi connectivity index (χ3n) is 2.15. The lowest BCUT2D eigenvalue weighted by atomic mass is 9.98. The van der Waals surface area contributed by atoms with Gasteiger partial charge in [0.05, 0.1) is 0 Å². The summed E-state index contributed by atoms with van der Waals surface area (Å²) in [5, 5.41) is 18.6. The molecule has 0 aromatic carbocycles. The van der Waals surface area contributed by atoms with Gasteiger partial charge in [-0.25, -0.2) is 0 Å². The molecule has 1 aliphatic carbocycles. The minimum absolute atomic E-state index is 0.500. The number of hydrogen-bond donors (Lipinski definition) is 3. The lowest BCUT2D eigenvalue weighted by molar-refractivity contribution is -0.115. The number of aliphatic hydroxyl groups is 2. The van der Waals surface area contributed by atoms with Gasteiger partial charge in [0.25, 0.3) is 0 Å². The second-order valence-corrected chi connectivity index (χ2v) is 3.05. The van der Waals surface area contributed by atoms with Crippen LogP contribution in [0, 0.1) is 0 Å². The highest BCUT2D eigenvalue weighted by Gasteiger charge is 2.46. The lowest BCUT2D eigenvalue weighted by Gasteiger charge is -2.30. The molecule has 4 N–H and O–H groups in total. The molecule has 0 aliphatic heterocycles. The van der Waals surface area contributed by atoms with Crippen molar-refractivity contribution in [1.29, 1.82) is 0 Å². The fourth-order valence-corrected chi connectivity index (χ4v) is 1.19. The van der Waals surface area contributed by atoms with E-state index >= 15 is 0 Å². The summed E-state index contributed by atoms with van der Waals surface area (Å²) in [6.07, 6.45) is 1.90. The average Bonchev–Trinajstić information content (AvgIpc) is 1.81. The van der Waals surface area contributed by atoms with Crippen LogP contribution in [0.15, 0.2) is 0 Å². The van der Waals surface area contributed by atoms with Gasteiger partial charge in [-0.1, -0.05) is 0 Å². The number of hydrogen-bond acceptors (Lipinski definition) is 3. The molecule has 0 aromatic heterocycles. The van der Waals surface area contributed by atoms with Crippen molar-refractivity contribution < 1.29 is 10.2 Å². The summed E-state index contributed by atoms with van der Waals surface area (Å²) in [6.45, 7) is 1.57. The molecule has 2 atom stereocenters. The minimum Gasteiger partial charge on any atom is -0.386 e. The number of rotatable bonds is 0. The first-order valence-electron chi connectivity index (χ1n) is 3.19. The monoisotopic (exact) mass is 131 g/mol. The lowest BCUT2D eigenvalue weighted by Crippen LogP contribution is -2.54. The third-order valence-corrected chi connectivity index (χ3v) is 2.15. The topological polar surface area (TPSA) is 66.5 Å². The van der Waals surface area contributed by atoms with Crippen LogP contribution in [-0.4, -0.2) is 21.5 Å². The highest BCUT2D eigenvalue weighted by atomic mass is 16.4. The van der Waals surface area contributed by atoms with Gasteiger partial charge in [-0.15, -0.1) is 0 Å². The van der Waals surface area contributed by atoms with Crippen molar-refractivity contribution >= 4 is 0 Å². The van der Waals surface area contributed by atoms with Gasteiger partial charge in [0.15, 0.2) is 0 Å². The van der Waals surface area contributed by atoms with E-state index in [1.807, 2.05) is 0 Å². The van der Waals surface area contributed by atoms with Gasteiger partial charge >= 0.3 is 0 Å². The van der Waals surface area contributed by atoms with Crippen LogP contribution >= 0.6 is 0 Å². The molecule has 3 nitrogen and oxygen atoms in total. The maximum Gasteiger partial charge on any atom is 0.142 e. The summed E-state index contributed by atoms with van der Waals surface area (Å²) in [6, 6.07) is 0. The van der Waals surface area contributed by atoms with Crippen molar-refractivity contribution in [2.45, 2.75) is 37.5 Å². The Balaban J connectivity index is 2.75. The van der Waals surface area contributed by atoms with Gasteiger partial charge in [-0.05, 0) is 26.2 Å². The molecular weight excluding hydrogens is 118 g/mol. The van der Waals surface area contributed by atoms with Crippen LogP contribution in [0.25, 0.3) is 0 Å². The maximum absolute atomic E-state index is 9.35. The van der Waals surface area contributed by atoms with E-state index in [1.165, 1.54) is 0 Å². The highest BCUT2D eigenvalue weighted by Crippen LogP contribution is 2.34. The van der Waals surface area contributed by atoms with E-state index in [2.05, 4.69) is 0 Å². The molecule has 0 heterocycles. The van der Waals surface area contributed by atoms with Crippen molar-refractivity contribution in [2.75, 3.05) is 0 Å². The van der Waals surface area contributed by atoms with E-state index in [0.717, 1.165) is 6.42 Å². The van der Waals surface area contributed by atoms with Crippen molar-refractivity contribution in [1.82, 2.24) is 0 Å². The van der Waals surface area contributed by atoms with Crippen molar-refractivity contribution in [3.63, 3.8) is 0 Å². The van der Waals surface area contributed by atoms with Gasteiger partial charge in [-0.2, -0.15) is 0 Å². The first-order chi connectivity index (χ1) is 3.96. The molecule has 1 rings (SSSR count). The van der Waals surface area contributed by atoms with Crippen LogP contribution < -0.4 is 5.73 Å². The molecule has 0 saturated heterocycles. The Morgan fingerprint density at radius 2 is 1.89 bits per heavy atom. The highest BCUT2D eigenvalue weighted by molar-refractivity contribution is 4.97. The van der Waals surface area contributed by atoms with E-state index in [0.29, 0.717) is 12.8 Å². The van der Waals surface area contributed by atoms with E-state index in [9.17, 15) is 10.2 Å². The average molecular weight is 131 g/mol. The molecule has 2 unspecified atom stereocenters. The van der Waals surface area contributed by atoms with Crippen LogP contribution in [0.3, 0.4) is 0 Å². The van der Waals surface area contributed by atoms with Crippen LogP contribution in [0.1, 0.15) is 26.2 Å². The van der Waals surface area contributed by atoms with E-state index in [1.54, 1.807) is 6.92 Å². The Morgan fingerprint density at radius 3 is 2.00 bits per heavy atom. The normalized spacial score (nSPS) is 52.0. The molecular formula is C6H13NO2. The molecule has 1 fully saturated rings. The van der Waals surface area contributed by atoms with Crippen LogP contribution in [0.4, 0.5) is 0 Å². The van der Waals surface area contributed by atoms with Crippen LogP contribution in [-0.2, 0) is 0 Å². The number of nitrogens with two attached hydrogens (primary N) is 1. The Hall–Kier alpha value is -0.120. The largest absolute Gasteiger partial charge is 0.386 e. The fourth-order valence-electron chi connectivity index (χ4n) is 1.19. The van der Waals surface area contributed by atoms with Gasteiger partial charge in [0.2, 0.25) is 0 Å². The zero-order valence-electron chi connectivity index (χ0n) is 5.59.